The van der Waals surface area contributed by atoms with Gasteiger partial charge in [-0.3, -0.25) is 20.2 Å². The first-order chi connectivity index (χ1) is 15.5. The fourth-order valence-electron chi connectivity index (χ4n) is 3.25. The summed E-state index contributed by atoms with van der Waals surface area (Å²) in [4.78, 5) is 34.3. The summed E-state index contributed by atoms with van der Waals surface area (Å²) in [7, 11) is 0. The molecule has 2 aromatic rings. The average Bonchev–Trinajstić information content (AvgIpc) is 2.69. The first kappa shape index (κ1) is 27.7. The second-order valence-electron chi connectivity index (χ2n) is 9.76. The van der Waals surface area contributed by atoms with E-state index in [1.807, 2.05) is 41.5 Å². The van der Waals surface area contributed by atoms with Crippen LogP contribution in [-0.2, 0) is 33.5 Å². The van der Waals surface area contributed by atoms with E-state index in [0.29, 0.717) is 31.2 Å². The molecule has 2 aromatic carbocycles. The maximum absolute atomic E-state index is 12.2. The number of nitrogens with zero attached hydrogens (tertiary/aromatic N) is 2. The van der Waals surface area contributed by atoms with Crippen LogP contribution in [0.5, 0.6) is 0 Å². The molecule has 2 rings (SSSR count). The molecule has 0 atom stereocenters. The summed E-state index contributed by atoms with van der Waals surface area (Å²) in [5.74, 6) is 0. The summed E-state index contributed by atoms with van der Waals surface area (Å²) in [6, 6.07) is 6.02. The minimum absolute atomic E-state index is 0.0714. The van der Waals surface area contributed by atoms with Crippen LogP contribution in [-0.4, -0.2) is 16.0 Å². The number of hydrogen-bond donors (Lipinski definition) is 0. The van der Waals surface area contributed by atoms with E-state index in [1.165, 1.54) is 12.1 Å². The Morgan fingerprint density at radius 2 is 1.09 bits per heavy atom. The van der Waals surface area contributed by atoms with Crippen molar-refractivity contribution in [2.45, 2.75) is 65.6 Å². The summed E-state index contributed by atoms with van der Waals surface area (Å²) in [6.45, 7) is 10.7. The second-order valence-corrected chi connectivity index (χ2v) is 11.5. The number of carbonyl (C=O) groups excluding carboxylic acids is 1. The van der Waals surface area contributed by atoms with Crippen molar-refractivity contribution in [3.63, 3.8) is 0 Å². The molecule has 0 heterocycles. The zero-order valence-corrected chi connectivity index (χ0v) is 22.9. The van der Waals surface area contributed by atoms with Crippen molar-refractivity contribution in [1.29, 1.82) is 0 Å². The van der Waals surface area contributed by atoms with Crippen LogP contribution in [0.4, 0.5) is 16.2 Å². The van der Waals surface area contributed by atoms with Crippen molar-refractivity contribution in [2.75, 3.05) is 0 Å². The van der Waals surface area contributed by atoms with Gasteiger partial charge in [-0.15, -0.1) is 0 Å². The van der Waals surface area contributed by atoms with Crippen LogP contribution >= 0.6 is 31.9 Å². The SMILES string of the molecule is CC(C)(C)c1cc(Br)c(COC(=O)OCc2cc([N+](=O)[O-])c(C(C)(C)C)cc2Br)cc1[N+](=O)[O-]. The maximum atomic E-state index is 12.2. The lowest BCUT2D eigenvalue weighted by molar-refractivity contribution is -0.386. The Balaban J connectivity index is 2.15. The summed E-state index contributed by atoms with van der Waals surface area (Å²) < 4.78 is 11.4. The van der Waals surface area contributed by atoms with E-state index in [1.54, 1.807) is 12.1 Å². The van der Waals surface area contributed by atoms with Crippen LogP contribution in [0.2, 0.25) is 0 Å². The average molecular weight is 602 g/mol. The van der Waals surface area contributed by atoms with Crippen LogP contribution in [0.15, 0.2) is 33.2 Å². The summed E-state index contributed by atoms with van der Waals surface area (Å²) in [6.07, 6.45) is -1.01. The molecule has 0 unspecified atom stereocenters. The van der Waals surface area contributed by atoms with Crippen molar-refractivity contribution in [1.82, 2.24) is 0 Å². The van der Waals surface area contributed by atoms with Crippen LogP contribution < -0.4 is 0 Å². The molecule has 0 spiro atoms. The lowest BCUT2D eigenvalue weighted by Crippen LogP contribution is -2.15. The van der Waals surface area contributed by atoms with E-state index in [2.05, 4.69) is 31.9 Å². The highest BCUT2D eigenvalue weighted by Crippen LogP contribution is 2.37. The van der Waals surface area contributed by atoms with Crippen molar-refractivity contribution >= 4 is 49.4 Å². The van der Waals surface area contributed by atoms with Gasteiger partial charge in [0.2, 0.25) is 0 Å². The van der Waals surface area contributed by atoms with Gasteiger partial charge in [-0.25, -0.2) is 4.79 Å². The molecule has 0 fully saturated rings. The number of halogens is 2. The smallest absolute Gasteiger partial charge is 0.429 e. The quantitative estimate of drug-likeness (QED) is 0.191. The number of ether oxygens (including phenoxy) is 2. The monoisotopic (exact) mass is 600 g/mol. The molecule has 184 valence electrons. The van der Waals surface area contributed by atoms with E-state index >= 15 is 0 Å². The van der Waals surface area contributed by atoms with Crippen LogP contribution in [0.3, 0.4) is 0 Å². The standard InChI is InChI=1S/C23H26Br2N2O7/c1-22(2,3)15-9-17(24)13(7-19(15)26(29)30)11-33-21(28)34-12-14-8-20(27(31)32)16(10-18(14)25)23(4,5)6/h7-10H,11-12H2,1-6H3. The maximum Gasteiger partial charge on any atom is 0.508 e. The van der Waals surface area contributed by atoms with Crippen molar-refractivity contribution in [2.24, 2.45) is 0 Å². The highest BCUT2D eigenvalue weighted by atomic mass is 79.9. The molecule has 11 heteroatoms. The molecule has 0 saturated carbocycles. The number of nitro benzene ring substituents is 2. The Morgan fingerprint density at radius 1 is 0.765 bits per heavy atom. The Labute approximate surface area is 214 Å². The molecule has 0 aliphatic carbocycles. The van der Waals surface area contributed by atoms with Gasteiger partial charge >= 0.3 is 6.16 Å². The van der Waals surface area contributed by atoms with Gasteiger partial charge in [-0.1, -0.05) is 73.4 Å². The van der Waals surface area contributed by atoms with Gasteiger partial charge in [0.15, 0.2) is 0 Å². The third-order valence-corrected chi connectivity index (χ3v) is 6.51. The molecule has 0 aliphatic rings. The van der Waals surface area contributed by atoms with Crippen molar-refractivity contribution in [3.8, 4) is 0 Å². The Kier molecular flexibility index (Phi) is 8.47. The molecule has 9 nitrogen and oxygen atoms in total. The molecule has 0 radical (unpaired) electrons. The van der Waals surface area contributed by atoms with Gasteiger partial charge in [0.05, 0.1) is 9.85 Å². The first-order valence-electron chi connectivity index (χ1n) is 10.3. The third kappa shape index (κ3) is 6.75. The normalized spacial score (nSPS) is 11.8. The summed E-state index contributed by atoms with van der Waals surface area (Å²) in [5, 5.41) is 23.1. The van der Waals surface area contributed by atoms with Gasteiger partial charge in [0.25, 0.3) is 11.4 Å². The van der Waals surface area contributed by atoms with Gasteiger partial charge in [-0.05, 0) is 23.0 Å². The van der Waals surface area contributed by atoms with E-state index in [4.69, 9.17) is 9.47 Å². The number of benzene rings is 2. The Hall–Kier alpha value is -2.53. The van der Waals surface area contributed by atoms with Gasteiger partial charge in [0, 0.05) is 43.3 Å². The fraction of sp³-hybridized carbons (Fsp3) is 0.435. The Bertz CT molecular complexity index is 1050. The summed E-state index contributed by atoms with van der Waals surface area (Å²) >= 11 is 6.76. The number of carbonyl (C=O) groups is 1. The lowest BCUT2D eigenvalue weighted by Gasteiger charge is -2.20. The zero-order chi connectivity index (χ0) is 26.0. The van der Waals surface area contributed by atoms with E-state index < -0.39 is 26.8 Å². The molecule has 0 N–H and O–H groups in total. The van der Waals surface area contributed by atoms with E-state index in [9.17, 15) is 25.0 Å². The highest BCUT2D eigenvalue weighted by Gasteiger charge is 2.28. The second kappa shape index (κ2) is 10.4. The molecule has 0 saturated heterocycles. The predicted molar refractivity (Wildman–Crippen MR) is 134 cm³/mol. The third-order valence-electron chi connectivity index (χ3n) is 5.03. The number of hydrogen-bond acceptors (Lipinski definition) is 7. The summed E-state index contributed by atoms with van der Waals surface area (Å²) in [5.41, 5.74) is 0.840. The molecule has 0 amide bonds. The first-order valence-corrected chi connectivity index (χ1v) is 11.8. The minimum Gasteiger partial charge on any atom is -0.429 e. The topological polar surface area (TPSA) is 122 Å². The van der Waals surface area contributed by atoms with Gasteiger partial charge in [0.1, 0.15) is 13.2 Å². The molecule has 0 aromatic heterocycles. The highest BCUT2D eigenvalue weighted by molar-refractivity contribution is 9.10. The zero-order valence-electron chi connectivity index (χ0n) is 19.7. The lowest BCUT2D eigenvalue weighted by atomic mass is 9.85. The molecule has 34 heavy (non-hydrogen) atoms. The van der Waals surface area contributed by atoms with Gasteiger partial charge in [-0.2, -0.15) is 0 Å². The van der Waals surface area contributed by atoms with Crippen molar-refractivity contribution in [3.05, 3.63) is 75.7 Å². The predicted octanol–water partition coefficient (Wildman–Crippen LogP) is 7.48. The fourth-order valence-corrected chi connectivity index (χ4v) is 4.17. The van der Waals surface area contributed by atoms with Crippen LogP contribution in [0, 0.1) is 20.2 Å². The Morgan fingerprint density at radius 3 is 1.35 bits per heavy atom. The number of rotatable bonds is 6. The molecule has 0 aliphatic heterocycles. The van der Waals surface area contributed by atoms with Crippen LogP contribution in [0.1, 0.15) is 63.8 Å². The largest absolute Gasteiger partial charge is 0.508 e. The molecular weight excluding hydrogens is 576 g/mol. The van der Waals surface area contributed by atoms with E-state index in [-0.39, 0.29) is 24.6 Å². The number of nitro groups is 2. The molecule has 0 bridgehead atoms. The minimum atomic E-state index is -1.01. The van der Waals surface area contributed by atoms with E-state index in [0.717, 1.165) is 0 Å². The van der Waals surface area contributed by atoms with Crippen molar-refractivity contribution < 1.29 is 24.1 Å². The molecular formula is C23H26Br2N2O7. The van der Waals surface area contributed by atoms with Crippen LogP contribution in [0.25, 0.3) is 0 Å². The van der Waals surface area contributed by atoms with Gasteiger partial charge < -0.3 is 9.47 Å².